The summed E-state index contributed by atoms with van der Waals surface area (Å²) >= 11 is 3.77. The second kappa shape index (κ2) is 22.0. The minimum absolute atomic E-state index is 0.864. The molecule has 4 heterocycles. The molecule has 0 unspecified atom stereocenters. The molecule has 0 radical (unpaired) electrons. The van der Waals surface area contributed by atoms with E-state index in [4.69, 9.17) is 8.83 Å². The average molecular weight is 1220 g/mol. The average Bonchev–Trinajstić information content (AvgIpc) is 1.19. The molecule has 2 aliphatic carbocycles. The van der Waals surface area contributed by atoms with Gasteiger partial charge in [-0.3, -0.25) is 0 Å². The molecule has 12 aromatic carbocycles. The van der Waals surface area contributed by atoms with Gasteiger partial charge in [0.25, 0.3) is 0 Å². The van der Waals surface area contributed by atoms with Crippen molar-refractivity contribution in [3.05, 3.63) is 306 Å². The second-order valence-electron chi connectivity index (χ2n) is 24.6. The standard InChI is InChI=1S/C86H60N2O2S2/c1-53-47-57(31-41-75(53)87(63-37-27-55(28-38-63)59-33-43-81-71(49-59)67-17-5-11-23-79(67)89-81)77-21-9-3-15-65(77)61-35-45-85-73(51-61)69-19-7-13-25-83(69)91-85)58-32-42-76(54(2)48-58)88(64-39-29-56(30-40-64)60-34-44-82-72(50-60)68-18-6-12-24-80(68)90-82)78-22-10-4-16-66(78)62-36-46-86-74(52-62)70-20-8-14-26-84(70)92-86/h3-7,9-19,21-27,29-37,39-52H,8,20,28,38H2,1-2H3. The fourth-order valence-electron chi connectivity index (χ4n) is 14.6. The molecule has 4 nitrogen and oxygen atoms in total. The molecule has 2 aliphatic rings. The van der Waals surface area contributed by atoms with Gasteiger partial charge in [-0.15, -0.1) is 22.7 Å². The molecular weight excluding hydrogens is 1160 g/mol. The first-order valence-electron chi connectivity index (χ1n) is 31.9. The van der Waals surface area contributed by atoms with Crippen LogP contribution in [0.1, 0.15) is 46.4 Å². The zero-order valence-corrected chi connectivity index (χ0v) is 52.5. The van der Waals surface area contributed by atoms with Crippen molar-refractivity contribution < 1.29 is 8.83 Å². The molecule has 0 atom stereocenters. The van der Waals surface area contributed by atoms with Crippen molar-refractivity contribution in [2.45, 2.75) is 39.5 Å². The zero-order valence-electron chi connectivity index (χ0n) is 50.9. The lowest BCUT2D eigenvalue weighted by Gasteiger charge is -2.33. The number of benzene rings is 12. The van der Waals surface area contributed by atoms with Crippen molar-refractivity contribution >= 4 is 137 Å². The second-order valence-corrected chi connectivity index (χ2v) is 26.8. The van der Waals surface area contributed by atoms with Crippen molar-refractivity contribution in [2.24, 2.45) is 0 Å². The van der Waals surface area contributed by atoms with E-state index in [1.807, 2.05) is 40.9 Å². The molecule has 0 fully saturated rings. The van der Waals surface area contributed by atoms with Crippen LogP contribution in [-0.4, -0.2) is 0 Å². The Labute approximate surface area is 541 Å². The van der Waals surface area contributed by atoms with Gasteiger partial charge in [0.1, 0.15) is 22.3 Å². The monoisotopic (exact) mass is 1220 g/mol. The van der Waals surface area contributed by atoms with Gasteiger partial charge in [0.05, 0.1) is 11.4 Å². The summed E-state index contributed by atoms with van der Waals surface area (Å²) in [5.41, 5.74) is 26.4. The number of allylic oxidation sites excluding steroid dienone is 5. The Balaban J connectivity index is 0.734. The molecule has 0 saturated carbocycles. The molecule has 0 N–H and O–H groups in total. The van der Waals surface area contributed by atoms with Crippen molar-refractivity contribution in [1.29, 1.82) is 0 Å². The van der Waals surface area contributed by atoms with Gasteiger partial charge in [0.2, 0.25) is 0 Å². The summed E-state index contributed by atoms with van der Waals surface area (Å²) in [6.45, 7) is 4.56. The van der Waals surface area contributed by atoms with E-state index in [-0.39, 0.29) is 0 Å². The highest BCUT2D eigenvalue weighted by molar-refractivity contribution is 7.25. The maximum absolute atomic E-state index is 6.26. The predicted octanol–water partition coefficient (Wildman–Crippen LogP) is 25.7. The third-order valence-corrected chi connectivity index (χ3v) is 21.5. The van der Waals surface area contributed by atoms with E-state index in [2.05, 4.69) is 285 Å². The smallest absolute Gasteiger partial charge is 0.135 e. The predicted molar refractivity (Wildman–Crippen MR) is 393 cm³/mol. The van der Waals surface area contributed by atoms with Gasteiger partial charge in [-0.25, -0.2) is 0 Å². The Morgan fingerprint density at radius 3 is 1.50 bits per heavy atom. The molecule has 0 spiro atoms. The van der Waals surface area contributed by atoms with E-state index in [9.17, 15) is 0 Å². The lowest BCUT2D eigenvalue weighted by molar-refractivity contribution is 0.668. The summed E-state index contributed by atoms with van der Waals surface area (Å²) in [7, 11) is 0. The van der Waals surface area contributed by atoms with Crippen LogP contribution >= 0.6 is 22.7 Å². The number of furan rings is 2. The Bertz CT molecular complexity index is 5770. The Kier molecular flexibility index (Phi) is 13.0. The van der Waals surface area contributed by atoms with Crippen molar-refractivity contribution in [1.82, 2.24) is 0 Å². The van der Waals surface area contributed by atoms with E-state index >= 15 is 0 Å². The number of rotatable bonds is 11. The third kappa shape index (κ3) is 9.23. The first-order chi connectivity index (χ1) is 45.4. The quantitative estimate of drug-likeness (QED) is 0.129. The number of hydrogen-bond donors (Lipinski definition) is 0. The van der Waals surface area contributed by atoms with E-state index in [0.29, 0.717) is 0 Å². The minimum Gasteiger partial charge on any atom is -0.456 e. The Morgan fingerprint density at radius 2 is 0.837 bits per heavy atom. The molecule has 92 heavy (non-hydrogen) atoms. The lowest BCUT2D eigenvalue weighted by atomic mass is 9.92. The Hall–Kier alpha value is -10.8. The van der Waals surface area contributed by atoms with Gasteiger partial charge in [-0.05, 0) is 234 Å². The number of fused-ring (bicyclic) bond motifs is 12. The van der Waals surface area contributed by atoms with Crippen LogP contribution in [-0.2, 0) is 6.42 Å². The first kappa shape index (κ1) is 54.2. The van der Waals surface area contributed by atoms with Crippen LogP contribution in [0, 0.1) is 13.8 Å². The van der Waals surface area contributed by atoms with Crippen LogP contribution in [0.25, 0.3) is 130 Å². The van der Waals surface area contributed by atoms with Gasteiger partial charge >= 0.3 is 0 Å². The molecule has 438 valence electrons. The highest BCUT2D eigenvalue weighted by Crippen LogP contribution is 2.49. The molecule has 4 aromatic heterocycles. The highest BCUT2D eigenvalue weighted by atomic mass is 32.1. The summed E-state index contributed by atoms with van der Waals surface area (Å²) in [6, 6.07) is 94.0. The van der Waals surface area contributed by atoms with E-state index in [1.165, 1.54) is 102 Å². The van der Waals surface area contributed by atoms with Gasteiger partial charge in [0, 0.05) is 85.2 Å². The van der Waals surface area contributed by atoms with Crippen LogP contribution in [0.3, 0.4) is 0 Å². The van der Waals surface area contributed by atoms with E-state index in [1.54, 1.807) is 0 Å². The van der Waals surface area contributed by atoms with Crippen molar-refractivity contribution in [3.63, 3.8) is 0 Å². The van der Waals surface area contributed by atoms with Crippen LogP contribution in [0.5, 0.6) is 0 Å². The number of thiophene rings is 2. The number of anilines is 5. The van der Waals surface area contributed by atoms with Gasteiger partial charge in [-0.1, -0.05) is 152 Å². The SMILES string of the molecule is Cc1cc(-c2ccc(N(c3ccc(-c4ccc5oc6ccccc6c5c4)cc3)c3ccccc3-c3ccc4sc5c(c4c3)CCC=C5)c(C)c2)ccc1N(C1=CC=C(c2ccc3oc4ccccc4c3c2)CC1)c1ccccc1-c1ccc2sc3ccccc3c2c1. The fraction of sp³-hybridized carbons (Fsp3) is 0.0698. The normalized spacial score (nSPS) is 13.2. The zero-order chi connectivity index (χ0) is 61.0. The number of para-hydroxylation sites is 4. The van der Waals surface area contributed by atoms with Crippen LogP contribution < -0.4 is 9.80 Å². The maximum atomic E-state index is 6.26. The minimum atomic E-state index is 0.864. The van der Waals surface area contributed by atoms with Crippen LogP contribution in [0.4, 0.5) is 28.4 Å². The molecule has 0 aliphatic heterocycles. The Morgan fingerprint density at radius 1 is 0.337 bits per heavy atom. The van der Waals surface area contributed by atoms with Crippen LogP contribution in [0.2, 0.25) is 0 Å². The molecule has 18 rings (SSSR count). The molecule has 6 heteroatoms. The topological polar surface area (TPSA) is 32.8 Å². The van der Waals surface area contributed by atoms with Crippen molar-refractivity contribution in [2.75, 3.05) is 9.80 Å². The largest absolute Gasteiger partial charge is 0.456 e. The van der Waals surface area contributed by atoms with E-state index in [0.717, 1.165) is 109 Å². The van der Waals surface area contributed by atoms with Gasteiger partial charge in [0.15, 0.2) is 0 Å². The summed E-state index contributed by atoms with van der Waals surface area (Å²) in [5, 5.41) is 8.53. The molecule has 0 bridgehead atoms. The maximum Gasteiger partial charge on any atom is 0.135 e. The van der Waals surface area contributed by atoms with Crippen molar-refractivity contribution in [3.8, 4) is 44.5 Å². The summed E-state index contributed by atoms with van der Waals surface area (Å²) < 4.78 is 16.5. The van der Waals surface area contributed by atoms with Gasteiger partial charge in [-0.2, -0.15) is 0 Å². The summed E-state index contributed by atoms with van der Waals surface area (Å²) in [5.74, 6) is 0. The molecule has 0 saturated heterocycles. The molecular formula is C86H60N2O2S2. The van der Waals surface area contributed by atoms with E-state index < -0.39 is 0 Å². The highest BCUT2D eigenvalue weighted by Gasteiger charge is 2.26. The number of nitrogens with zero attached hydrogens (tertiary/aromatic N) is 2. The first-order valence-corrected chi connectivity index (χ1v) is 33.5. The fourth-order valence-corrected chi connectivity index (χ4v) is 16.8. The molecule has 16 aromatic rings. The number of aryl methyl sites for hydroxylation is 3. The summed E-state index contributed by atoms with van der Waals surface area (Å²) in [4.78, 5) is 6.40. The van der Waals surface area contributed by atoms with Gasteiger partial charge < -0.3 is 18.6 Å². The third-order valence-electron chi connectivity index (χ3n) is 19.1. The lowest BCUT2D eigenvalue weighted by Crippen LogP contribution is -2.19. The van der Waals surface area contributed by atoms with Crippen LogP contribution in [0.15, 0.2) is 288 Å². The number of hydrogen-bond acceptors (Lipinski definition) is 6. The summed E-state index contributed by atoms with van der Waals surface area (Å²) in [6.07, 6.45) is 13.3. The molecule has 0 amide bonds.